The van der Waals surface area contributed by atoms with Gasteiger partial charge in [0.15, 0.2) is 0 Å². The molecule has 0 bridgehead atoms. The van der Waals surface area contributed by atoms with Gasteiger partial charge in [0, 0.05) is 15.7 Å². The largest absolute Gasteiger partial charge is 0.282 e. The summed E-state index contributed by atoms with van der Waals surface area (Å²) in [5, 5.41) is 3.70. The van der Waals surface area contributed by atoms with E-state index in [0.717, 1.165) is 11.2 Å². The number of sulfonamides is 1. The van der Waals surface area contributed by atoms with Crippen LogP contribution in [0.5, 0.6) is 0 Å². The molecule has 0 amide bonds. The van der Waals surface area contributed by atoms with E-state index in [1.807, 2.05) is 11.6 Å². The lowest BCUT2D eigenvalue weighted by Crippen LogP contribution is -2.09. The lowest BCUT2D eigenvalue weighted by atomic mass is 10.6. The molecule has 0 aliphatic carbocycles. The van der Waals surface area contributed by atoms with Gasteiger partial charge in [-0.3, -0.25) is 4.72 Å². The average Bonchev–Trinajstić information content (AvgIpc) is 2.31. The Morgan fingerprint density at radius 2 is 2.17 bits per heavy atom. The summed E-state index contributed by atoms with van der Waals surface area (Å²) in [6.45, 7) is 0. The zero-order valence-electron chi connectivity index (χ0n) is 6.70. The molecule has 1 N–H and O–H groups in total. The van der Waals surface area contributed by atoms with Crippen LogP contribution in [0, 0.1) is 0 Å². The van der Waals surface area contributed by atoms with Gasteiger partial charge >= 0.3 is 0 Å². The SMILES string of the molecule is CSc1cscc1NS(C)(=O)=O. The zero-order valence-corrected chi connectivity index (χ0v) is 9.15. The molecular formula is C6H9NO2S3. The van der Waals surface area contributed by atoms with Gasteiger partial charge in [0.1, 0.15) is 0 Å². The minimum absolute atomic E-state index is 0.676. The van der Waals surface area contributed by atoms with Crippen LogP contribution >= 0.6 is 23.1 Å². The third-order valence-corrected chi connectivity index (χ3v) is 3.40. The van der Waals surface area contributed by atoms with Crippen LogP contribution in [0.3, 0.4) is 0 Å². The Bertz CT molecular complexity index is 355. The van der Waals surface area contributed by atoms with Crippen LogP contribution in [0.4, 0.5) is 5.69 Å². The van der Waals surface area contributed by atoms with Crippen LogP contribution < -0.4 is 4.72 Å². The molecule has 0 saturated carbocycles. The fraction of sp³-hybridized carbons (Fsp3) is 0.333. The molecule has 68 valence electrons. The molecule has 1 rings (SSSR count). The van der Waals surface area contributed by atoms with E-state index >= 15 is 0 Å². The minimum Gasteiger partial charge on any atom is -0.282 e. The molecule has 0 unspecified atom stereocenters. The molecule has 0 saturated heterocycles. The Morgan fingerprint density at radius 1 is 1.50 bits per heavy atom. The van der Waals surface area contributed by atoms with Gasteiger partial charge in [-0.1, -0.05) is 0 Å². The van der Waals surface area contributed by atoms with Crippen molar-refractivity contribution in [3.8, 4) is 0 Å². The predicted molar refractivity (Wildman–Crippen MR) is 54.6 cm³/mol. The molecular weight excluding hydrogens is 214 g/mol. The van der Waals surface area contributed by atoms with Crippen LogP contribution in [0.25, 0.3) is 0 Å². The summed E-state index contributed by atoms with van der Waals surface area (Å²) in [6.07, 6.45) is 3.06. The van der Waals surface area contributed by atoms with E-state index in [4.69, 9.17) is 0 Å². The Labute approximate surface area is 80.2 Å². The van der Waals surface area contributed by atoms with Gasteiger partial charge in [-0.25, -0.2) is 8.42 Å². The molecule has 1 aromatic rings. The summed E-state index contributed by atoms with van der Waals surface area (Å²) in [4.78, 5) is 0.963. The molecule has 0 aliphatic heterocycles. The summed E-state index contributed by atoms with van der Waals surface area (Å²) in [5.41, 5.74) is 0.676. The Kier molecular flexibility index (Phi) is 3.03. The highest BCUT2D eigenvalue weighted by Crippen LogP contribution is 2.29. The lowest BCUT2D eigenvalue weighted by Gasteiger charge is -2.02. The summed E-state index contributed by atoms with van der Waals surface area (Å²) in [7, 11) is -3.14. The van der Waals surface area contributed by atoms with Crippen LogP contribution in [0.2, 0.25) is 0 Å². The maximum atomic E-state index is 10.9. The molecule has 0 aromatic carbocycles. The standard InChI is InChI=1S/C6H9NO2S3/c1-10-6-4-11-3-5(6)7-12(2,8)9/h3-4,7H,1-2H3. The molecule has 1 aromatic heterocycles. The van der Waals surface area contributed by atoms with Crippen molar-refractivity contribution in [2.45, 2.75) is 4.90 Å². The number of thioether (sulfide) groups is 1. The second-order valence-electron chi connectivity index (χ2n) is 2.23. The first-order valence-electron chi connectivity index (χ1n) is 3.11. The van der Waals surface area contributed by atoms with Crippen molar-refractivity contribution in [2.75, 3.05) is 17.2 Å². The Hall–Kier alpha value is -0.200. The predicted octanol–water partition coefficient (Wildman–Crippen LogP) is 1.84. The maximum absolute atomic E-state index is 10.9. The summed E-state index contributed by atoms with van der Waals surface area (Å²) in [6, 6.07) is 0. The Morgan fingerprint density at radius 3 is 2.67 bits per heavy atom. The quantitative estimate of drug-likeness (QED) is 0.795. The van der Waals surface area contributed by atoms with Crippen molar-refractivity contribution >= 4 is 38.8 Å². The minimum atomic E-state index is -3.14. The summed E-state index contributed by atoms with van der Waals surface area (Å²) < 4.78 is 24.1. The highest BCUT2D eigenvalue weighted by Gasteiger charge is 2.06. The molecule has 6 heteroatoms. The first-order valence-corrected chi connectivity index (χ1v) is 7.17. The van der Waals surface area contributed by atoms with Crippen LogP contribution in [-0.2, 0) is 10.0 Å². The highest BCUT2D eigenvalue weighted by atomic mass is 32.2. The van der Waals surface area contributed by atoms with Gasteiger partial charge < -0.3 is 0 Å². The normalized spacial score (nSPS) is 11.5. The zero-order chi connectivity index (χ0) is 9.19. The van der Waals surface area contributed by atoms with E-state index < -0.39 is 10.0 Å². The average molecular weight is 223 g/mol. The highest BCUT2D eigenvalue weighted by molar-refractivity contribution is 7.99. The molecule has 0 fully saturated rings. The molecule has 0 spiro atoms. The van der Waals surface area contributed by atoms with Crippen molar-refractivity contribution in [2.24, 2.45) is 0 Å². The fourth-order valence-electron chi connectivity index (χ4n) is 0.718. The van der Waals surface area contributed by atoms with E-state index in [2.05, 4.69) is 4.72 Å². The molecule has 0 aliphatic rings. The first kappa shape index (κ1) is 9.88. The van der Waals surface area contributed by atoms with Crippen LogP contribution in [0.1, 0.15) is 0 Å². The van der Waals surface area contributed by atoms with Gasteiger partial charge in [0.25, 0.3) is 0 Å². The lowest BCUT2D eigenvalue weighted by molar-refractivity contribution is 0.606. The van der Waals surface area contributed by atoms with Crippen molar-refractivity contribution in [3.63, 3.8) is 0 Å². The second kappa shape index (κ2) is 3.68. The van der Waals surface area contributed by atoms with E-state index in [-0.39, 0.29) is 0 Å². The van der Waals surface area contributed by atoms with Gasteiger partial charge in [0.2, 0.25) is 10.0 Å². The molecule has 1 heterocycles. The third-order valence-electron chi connectivity index (χ3n) is 1.14. The molecule has 0 radical (unpaired) electrons. The first-order chi connectivity index (χ1) is 5.53. The van der Waals surface area contributed by atoms with Crippen molar-refractivity contribution in [1.29, 1.82) is 0 Å². The molecule has 3 nitrogen and oxygen atoms in total. The van der Waals surface area contributed by atoms with Crippen LogP contribution in [0.15, 0.2) is 15.7 Å². The van der Waals surface area contributed by atoms with E-state index in [1.165, 1.54) is 23.1 Å². The topological polar surface area (TPSA) is 46.2 Å². The number of hydrogen-bond acceptors (Lipinski definition) is 4. The van der Waals surface area contributed by atoms with Crippen LogP contribution in [-0.4, -0.2) is 20.9 Å². The number of thiophene rings is 1. The number of anilines is 1. The summed E-state index contributed by atoms with van der Waals surface area (Å²) in [5.74, 6) is 0. The van der Waals surface area contributed by atoms with E-state index in [9.17, 15) is 8.42 Å². The molecule has 0 atom stereocenters. The molecule has 12 heavy (non-hydrogen) atoms. The number of rotatable bonds is 3. The maximum Gasteiger partial charge on any atom is 0.229 e. The van der Waals surface area contributed by atoms with Crippen molar-refractivity contribution in [1.82, 2.24) is 0 Å². The number of hydrogen-bond donors (Lipinski definition) is 1. The van der Waals surface area contributed by atoms with Gasteiger partial charge in [0.05, 0.1) is 11.9 Å². The van der Waals surface area contributed by atoms with Crippen molar-refractivity contribution in [3.05, 3.63) is 10.8 Å². The van der Waals surface area contributed by atoms with E-state index in [1.54, 1.807) is 5.38 Å². The van der Waals surface area contributed by atoms with Gasteiger partial charge in [-0.05, 0) is 6.26 Å². The third kappa shape index (κ3) is 2.69. The fourth-order valence-corrected chi connectivity index (χ4v) is 3.02. The van der Waals surface area contributed by atoms with Crippen molar-refractivity contribution < 1.29 is 8.42 Å². The number of nitrogens with one attached hydrogen (secondary N) is 1. The second-order valence-corrected chi connectivity index (χ2v) is 5.57. The van der Waals surface area contributed by atoms with Gasteiger partial charge in [-0.2, -0.15) is 0 Å². The monoisotopic (exact) mass is 223 g/mol. The van der Waals surface area contributed by atoms with Gasteiger partial charge in [-0.15, -0.1) is 23.1 Å². The summed E-state index contributed by atoms with van der Waals surface area (Å²) >= 11 is 3.01. The van der Waals surface area contributed by atoms with E-state index in [0.29, 0.717) is 5.69 Å². The Balaban J connectivity index is 2.89. The smallest absolute Gasteiger partial charge is 0.229 e.